The topological polar surface area (TPSA) is 72.6 Å². The number of nitrogens with zero attached hydrogens (tertiary/aromatic N) is 1. The predicted octanol–water partition coefficient (Wildman–Crippen LogP) is 3.37. The van der Waals surface area contributed by atoms with Gasteiger partial charge in [-0.05, 0) is 18.2 Å². The third kappa shape index (κ3) is 3.02. The molecule has 0 spiro atoms. The maximum Gasteiger partial charge on any atom is 0.358 e. The molecule has 1 N–H and O–H groups in total. The molecule has 18 heavy (non-hydrogen) atoms. The zero-order chi connectivity index (χ0) is 13.1. The van der Waals surface area contributed by atoms with Crippen LogP contribution in [-0.4, -0.2) is 16.2 Å². The van der Waals surface area contributed by atoms with Crippen molar-refractivity contribution in [1.82, 2.24) is 5.16 Å². The average Bonchev–Trinajstić information content (AvgIpc) is 2.76. The van der Waals surface area contributed by atoms with E-state index in [0.29, 0.717) is 16.5 Å². The summed E-state index contributed by atoms with van der Waals surface area (Å²) in [6.45, 7) is 0.0572. The highest BCUT2D eigenvalue weighted by Crippen LogP contribution is 2.28. The lowest BCUT2D eigenvalue weighted by Gasteiger charge is -2.05. The monoisotopic (exact) mass is 331 g/mol. The van der Waals surface area contributed by atoms with Gasteiger partial charge < -0.3 is 14.4 Å². The van der Waals surface area contributed by atoms with Gasteiger partial charge in [0, 0.05) is 10.5 Å². The Morgan fingerprint density at radius 1 is 1.50 bits per heavy atom. The van der Waals surface area contributed by atoms with Gasteiger partial charge >= 0.3 is 5.97 Å². The largest absolute Gasteiger partial charge is 0.484 e. The van der Waals surface area contributed by atoms with Crippen molar-refractivity contribution in [3.05, 3.63) is 45.2 Å². The van der Waals surface area contributed by atoms with Crippen molar-refractivity contribution in [3.63, 3.8) is 0 Å². The molecular weight excluding hydrogens is 325 g/mol. The van der Waals surface area contributed by atoms with Gasteiger partial charge in [0.25, 0.3) is 0 Å². The number of aromatic nitrogens is 1. The van der Waals surface area contributed by atoms with Crippen molar-refractivity contribution in [2.45, 2.75) is 6.61 Å². The van der Waals surface area contributed by atoms with Gasteiger partial charge in [-0.15, -0.1) is 0 Å². The van der Waals surface area contributed by atoms with Crippen molar-refractivity contribution in [2.75, 3.05) is 0 Å². The second-order valence-electron chi connectivity index (χ2n) is 3.35. The lowest BCUT2D eigenvalue weighted by molar-refractivity contribution is 0.0685. The van der Waals surface area contributed by atoms with Gasteiger partial charge in [-0.3, -0.25) is 0 Å². The second-order valence-corrected chi connectivity index (χ2v) is 4.67. The zero-order valence-corrected chi connectivity index (χ0v) is 11.2. The molecule has 2 aromatic rings. The van der Waals surface area contributed by atoms with Crippen LogP contribution >= 0.6 is 27.5 Å². The maximum absolute atomic E-state index is 10.6. The highest BCUT2D eigenvalue weighted by Gasteiger charge is 2.11. The van der Waals surface area contributed by atoms with Gasteiger partial charge in [0.05, 0.1) is 5.02 Å². The summed E-state index contributed by atoms with van der Waals surface area (Å²) < 4.78 is 11.0. The number of hydrogen-bond acceptors (Lipinski definition) is 4. The van der Waals surface area contributed by atoms with E-state index in [4.69, 9.17) is 26.0 Å². The average molecular weight is 333 g/mol. The van der Waals surface area contributed by atoms with E-state index in [0.717, 1.165) is 4.47 Å². The number of carbonyl (C=O) groups is 1. The molecule has 0 unspecified atom stereocenters. The van der Waals surface area contributed by atoms with E-state index in [1.807, 2.05) is 0 Å². The molecule has 94 valence electrons. The quantitative estimate of drug-likeness (QED) is 0.929. The first-order valence-electron chi connectivity index (χ1n) is 4.83. The molecule has 0 atom stereocenters. The summed E-state index contributed by atoms with van der Waals surface area (Å²) in [6.07, 6.45) is 0. The second kappa shape index (κ2) is 5.41. The number of rotatable bonds is 4. The summed E-state index contributed by atoms with van der Waals surface area (Å²) in [5.74, 6) is -0.355. The van der Waals surface area contributed by atoms with Gasteiger partial charge in [0.1, 0.15) is 12.4 Å². The molecule has 0 fully saturated rings. The van der Waals surface area contributed by atoms with E-state index < -0.39 is 5.97 Å². The van der Waals surface area contributed by atoms with Crippen LogP contribution in [0.15, 0.2) is 33.3 Å². The fraction of sp³-hybridized carbons (Fsp3) is 0.0909. The SMILES string of the molecule is O=C(O)c1cc(COc2ccc(Br)cc2Cl)on1. The fourth-order valence-electron chi connectivity index (χ4n) is 1.22. The minimum atomic E-state index is -1.15. The van der Waals surface area contributed by atoms with E-state index in [-0.39, 0.29) is 12.3 Å². The molecule has 0 aliphatic heterocycles. The van der Waals surface area contributed by atoms with Crippen LogP contribution in [0.2, 0.25) is 5.02 Å². The van der Waals surface area contributed by atoms with E-state index in [9.17, 15) is 4.79 Å². The third-order valence-corrected chi connectivity index (χ3v) is 2.83. The molecule has 1 aromatic carbocycles. The zero-order valence-electron chi connectivity index (χ0n) is 8.89. The minimum Gasteiger partial charge on any atom is -0.484 e. The molecule has 0 aliphatic rings. The molecule has 1 aromatic heterocycles. The summed E-state index contributed by atoms with van der Waals surface area (Å²) in [5.41, 5.74) is -0.157. The highest BCUT2D eigenvalue weighted by molar-refractivity contribution is 9.10. The van der Waals surface area contributed by atoms with Gasteiger partial charge in [0.15, 0.2) is 11.5 Å². The van der Waals surface area contributed by atoms with Crippen molar-refractivity contribution in [1.29, 1.82) is 0 Å². The van der Waals surface area contributed by atoms with Crippen LogP contribution in [0.3, 0.4) is 0 Å². The van der Waals surface area contributed by atoms with Crippen molar-refractivity contribution >= 4 is 33.5 Å². The normalized spacial score (nSPS) is 10.3. The van der Waals surface area contributed by atoms with Crippen LogP contribution in [0.5, 0.6) is 5.75 Å². The molecule has 5 nitrogen and oxygen atoms in total. The molecular formula is C11H7BrClNO4. The Morgan fingerprint density at radius 3 is 2.89 bits per heavy atom. The summed E-state index contributed by atoms with van der Waals surface area (Å²) >= 11 is 9.23. The predicted molar refractivity (Wildman–Crippen MR) is 66.9 cm³/mol. The lowest BCUT2D eigenvalue weighted by atomic mass is 10.3. The highest BCUT2D eigenvalue weighted by atomic mass is 79.9. The Bertz CT molecular complexity index is 584. The number of hydrogen-bond donors (Lipinski definition) is 1. The van der Waals surface area contributed by atoms with Crippen LogP contribution in [0, 0.1) is 0 Å². The molecule has 0 saturated heterocycles. The summed E-state index contributed by atoms with van der Waals surface area (Å²) in [4.78, 5) is 10.6. The van der Waals surface area contributed by atoms with E-state index in [1.54, 1.807) is 18.2 Å². The first-order valence-corrected chi connectivity index (χ1v) is 6.00. The number of carboxylic acid groups (broad SMARTS) is 1. The molecule has 1 heterocycles. The lowest BCUT2D eigenvalue weighted by Crippen LogP contribution is -1.96. The van der Waals surface area contributed by atoms with Crippen LogP contribution in [0.4, 0.5) is 0 Å². The number of aromatic carboxylic acids is 1. The van der Waals surface area contributed by atoms with Gasteiger partial charge in [-0.1, -0.05) is 32.7 Å². The Kier molecular flexibility index (Phi) is 3.88. The van der Waals surface area contributed by atoms with Gasteiger partial charge in [-0.2, -0.15) is 0 Å². The summed E-state index contributed by atoms with van der Waals surface area (Å²) in [5, 5.41) is 12.5. The van der Waals surface area contributed by atoms with Gasteiger partial charge in [-0.25, -0.2) is 4.79 Å². The Labute approximate surface area is 115 Å². The standard InChI is InChI=1S/C11H7BrClNO4/c12-6-1-2-10(8(13)3-6)17-5-7-4-9(11(15)16)14-18-7/h1-4H,5H2,(H,15,16). The molecule has 0 amide bonds. The Hall–Kier alpha value is -1.53. The molecule has 7 heteroatoms. The number of ether oxygens (including phenoxy) is 1. The van der Waals surface area contributed by atoms with Crippen LogP contribution in [0.25, 0.3) is 0 Å². The Morgan fingerprint density at radius 2 is 2.28 bits per heavy atom. The third-order valence-electron chi connectivity index (χ3n) is 2.04. The molecule has 0 saturated carbocycles. The molecule has 2 rings (SSSR count). The first kappa shape index (κ1) is 12.9. The smallest absolute Gasteiger partial charge is 0.358 e. The van der Waals surface area contributed by atoms with Crippen molar-refractivity contribution in [2.24, 2.45) is 0 Å². The van der Waals surface area contributed by atoms with E-state index in [2.05, 4.69) is 21.1 Å². The van der Waals surface area contributed by atoms with E-state index >= 15 is 0 Å². The van der Waals surface area contributed by atoms with Crippen molar-refractivity contribution in [3.8, 4) is 5.75 Å². The number of carboxylic acids is 1. The molecule has 0 aliphatic carbocycles. The van der Waals surface area contributed by atoms with Crippen LogP contribution in [-0.2, 0) is 6.61 Å². The van der Waals surface area contributed by atoms with Crippen molar-refractivity contribution < 1.29 is 19.2 Å². The molecule has 0 bridgehead atoms. The number of benzene rings is 1. The number of halogens is 2. The minimum absolute atomic E-state index is 0.0572. The Balaban J connectivity index is 2.04. The van der Waals surface area contributed by atoms with Gasteiger partial charge in [0.2, 0.25) is 0 Å². The van der Waals surface area contributed by atoms with Crippen LogP contribution in [0.1, 0.15) is 16.2 Å². The fourth-order valence-corrected chi connectivity index (χ4v) is 1.95. The summed E-state index contributed by atoms with van der Waals surface area (Å²) in [6, 6.07) is 6.47. The van der Waals surface area contributed by atoms with E-state index in [1.165, 1.54) is 6.07 Å². The summed E-state index contributed by atoms with van der Waals surface area (Å²) in [7, 11) is 0. The van der Waals surface area contributed by atoms with Crippen LogP contribution < -0.4 is 4.74 Å². The first-order chi connectivity index (χ1) is 8.56. The molecule has 0 radical (unpaired) electrons. The maximum atomic E-state index is 10.6.